The molecular formula is C16H19N3S. The van der Waals surface area contributed by atoms with E-state index >= 15 is 0 Å². The van der Waals surface area contributed by atoms with Crippen LogP contribution in [0.1, 0.15) is 32.1 Å². The highest BCUT2D eigenvalue weighted by Gasteiger charge is 2.36. The van der Waals surface area contributed by atoms with Gasteiger partial charge in [-0.25, -0.2) is 0 Å². The number of fused-ring (bicyclic) bond motifs is 1. The predicted molar refractivity (Wildman–Crippen MR) is 83.1 cm³/mol. The highest BCUT2D eigenvalue weighted by atomic mass is 32.1. The van der Waals surface area contributed by atoms with E-state index in [4.69, 9.17) is 4.98 Å². The molecule has 0 radical (unpaired) electrons. The first-order chi connectivity index (χ1) is 9.92. The lowest BCUT2D eigenvalue weighted by Gasteiger charge is -2.37. The molecule has 4 heteroatoms. The van der Waals surface area contributed by atoms with Crippen molar-refractivity contribution in [2.75, 3.05) is 11.4 Å². The van der Waals surface area contributed by atoms with E-state index in [1.807, 2.05) is 18.2 Å². The number of benzene rings is 1. The van der Waals surface area contributed by atoms with Crippen LogP contribution in [0.25, 0.3) is 11.4 Å². The van der Waals surface area contributed by atoms with Gasteiger partial charge in [0.05, 0.1) is 0 Å². The molecule has 2 aromatic rings. The van der Waals surface area contributed by atoms with E-state index in [9.17, 15) is 0 Å². The second kappa shape index (κ2) is 5.17. The van der Waals surface area contributed by atoms with Gasteiger partial charge in [0.15, 0.2) is 5.82 Å². The van der Waals surface area contributed by atoms with Crippen LogP contribution < -0.4 is 4.90 Å². The van der Waals surface area contributed by atoms with Crippen LogP contribution in [0.3, 0.4) is 0 Å². The van der Waals surface area contributed by atoms with Crippen molar-refractivity contribution in [3.8, 4) is 11.4 Å². The Morgan fingerprint density at radius 2 is 1.90 bits per heavy atom. The van der Waals surface area contributed by atoms with Crippen molar-refractivity contribution in [3.05, 3.63) is 30.3 Å². The summed E-state index contributed by atoms with van der Waals surface area (Å²) in [6.45, 7) is 1.16. The maximum Gasteiger partial charge on any atom is 0.205 e. The van der Waals surface area contributed by atoms with Crippen LogP contribution in [-0.4, -0.2) is 21.9 Å². The standard InChI is InChI=1S/C16H19N3S/c1-2-6-13(7-3-1)15-17-16(20-18-15)19-11-5-9-12-8-4-10-14(12)19/h1-3,6-7,12,14H,4-5,8-11H2. The smallest absolute Gasteiger partial charge is 0.205 e. The molecule has 1 saturated heterocycles. The lowest BCUT2D eigenvalue weighted by molar-refractivity contribution is 0.362. The highest BCUT2D eigenvalue weighted by Crippen LogP contribution is 2.39. The Bertz CT molecular complexity index is 580. The highest BCUT2D eigenvalue weighted by molar-refractivity contribution is 7.09. The van der Waals surface area contributed by atoms with Crippen molar-refractivity contribution in [1.29, 1.82) is 0 Å². The van der Waals surface area contributed by atoms with Crippen molar-refractivity contribution in [2.45, 2.75) is 38.1 Å². The topological polar surface area (TPSA) is 29.0 Å². The van der Waals surface area contributed by atoms with Crippen LogP contribution in [0, 0.1) is 5.92 Å². The van der Waals surface area contributed by atoms with Crippen molar-refractivity contribution in [2.24, 2.45) is 5.92 Å². The fourth-order valence-corrected chi connectivity index (χ4v) is 4.50. The van der Waals surface area contributed by atoms with E-state index in [2.05, 4.69) is 21.4 Å². The van der Waals surface area contributed by atoms with Gasteiger partial charge in [-0.1, -0.05) is 36.8 Å². The number of piperidine rings is 1. The van der Waals surface area contributed by atoms with Gasteiger partial charge in [-0.15, -0.1) is 0 Å². The van der Waals surface area contributed by atoms with E-state index < -0.39 is 0 Å². The summed E-state index contributed by atoms with van der Waals surface area (Å²) >= 11 is 1.56. The van der Waals surface area contributed by atoms with Crippen molar-refractivity contribution >= 4 is 16.7 Å². The van der Waals surface area contributed by atoms with Gasteiger partial charge < -0.3 is 4.90 Å². The Labute approximate surface area is 123 Å². The summed E-state index contributed by atoms with van der Waals surface area (Å²) in [5, 5.41) is 1.13. The molecule has 1 aliphatic carbocycles. The van der Waals surface area contributed by atoms with Gasteiger partial charge in [0.1, 0.15) is 0 Å². The van der Waals surface area contributed by atoms with Crippen LogP contribution in [0.2, 0.25) is 0 Å². The van der Waals surface area contributed by atoms with Gasteiger partial charge >= 0.3 is 0 Å². The minimum atomic E-state index is 0.723. The fourth-order valence-electron chi connectivity index (χ4n) is 3.73. The number of hydrogen-bond acceptors (Lipinski definition) is 4. The zero-order chi connectivity index (χ0) is 13.4. The summed E-state index contributed by atoms with van der Waals surface area (Å²) in [7, 11) is 0. The number of nitrogens with zero attached hydrogens (tertiary/aromatic N) is 3. The second-order valence-electron chi connectivity index (χ2n) is 5.86. The molecule has 1 saturated carbocycles. The zero-order valence-electron chi connectivity index (χ0n) is 11.5. The minimum absolute atomic E-state index is 0.723. The molecule has 20 heavy (non-hydrogen) atoms. The summed E-state index contributed by atoms with van der Waals surface area (Å²) in [4.78, 5) is 7.33. The fraction of sp³-hybridized carbons (Fsp3) is 0.500. The first-order valence-corrected chi connectivity index (χ1v) is 8.35. The minimum Gasteiger partial charge on any atom is -0.344 e. The molecule has 0 spiro atoms. The molecule has 3 nitrogen and oxygen atoms in total. The summed E-state index contributed by atoms with van der Waals surface area (Å²) < 4.78 is 4.56. The van der Waals surface area contributed by atoms with E-state index in [1.54, 1.807) is 11.5 Å². The summed E-state index contributed by atoms with van der Waals surface area (Å²) in [5.41, 5.74) is 1.12. The monoisotopic (exact) mass is 285 g/mol. The summed E-state index contributed by atoms with van der Waals surface area (Å²) in [6, 6.07) is 11.0. The third-order valence-corrected chi connectivity index (χ3v) is 5.44. The van der Waals surface area contributed by atoms with Crippen LogP contribution in [-0.2, 0) is 0 Å². The molecule has 0 amide bonds. The third kappa shape index (κ3) is 2.12. The van der Waals surface area contributed by atoms with Crippen LogP contribution in [0.4, 0.5) is 5.13 Å². The van der Waals surface area contributed by atoms with Gasteiger partial charge in [0.2, 0.25) is 5.13 Å². The molecule has 2 heterocycles. The number of anilines is 1. The van der Waals surface area contributed by atoms with Crippen molar-refractivity contribution in [3.63, 3.8) is 0 Å². The Balaban J connectivity index is 1.61. The number of hydrogen-bond donors (Lipinski definition) is 0. The van der Waals surface area contributed by atoms with E-state index in [-0.39, 0.29) is 0 Å². The SMILES string of the molecule is c1ccc(-c2nsc(N3CCCC4CCCC43)n2)cc1. The lowest BCUT2D eigenvalue weighted by atomic mass is 9.92. The molecule has 1 aromatic heterocycles. The third-order valence-electron chi connectivity index (χ3n) is 4.69. The predicted octanol–water partition coefficient (Wildman–Crippen LogP) is 3.97. The molecule has 4 rings (SSSR count). The first-order valence-electron chi connectivity index (χ1n) is 7.57. The Morgan fingerprint density at radius 1 is 1.05 bits per heavy atom. The molecule has 1 aromatic carbocycles. The zero-order valence-corrected chi connectivity index (χ0v) is 12.4. The summed E-state index contributed by atoms with van der Waals surface area (Å²) in [5.74, 6) is 1.78. The Hall–Kier alpha value is -1.42. The molecule has 2 aliphatic rings. The number of rotatable bonds is 2. The van der Waals surface area contributed by atoms with Gasteiger partial charge in [0, 0.05) is 29.7 Å². The Morgan fingerprint density at radius 3 is 2.80 bits per heavy atom. The maximum absolute atomic E-state index is 4.80. The van der Waals surface area contributed by atoms with E-state index in [0.29, 0.717) is 0 Å². The molecule has 0 bridgehead atoms. The normalized spacial score (nSPS) is 25.7. The summed E-state index contributed by atoms with van der Waals surface area (Å²) in [6.07, 6.45) is 6.85. The number of aromatic nitrogens is 2. The first kappa shape index (κ1) is 12.3. The van der Waals surface area contributed by atoms with Gasteiger partial charge in [0.25, 0.3) is 0 Å². The van der Waals surface area contributed by atoms with Crippen LogP contribution >= 0.6 is 11.5 Å². The average Bonchev–Trinajstić information content (AvgIpc) is 3.17. The van der Waals surface area contributed by atoms with Crippen molar-refractivity contribution in [1.82, 2.24) is 9.36 Å². The maximum atomic E-state index is 4.80. The van der Waals surface area contributed by atoms with Crippen LogP contribution in [0.15, 0.2) is 30.3 Å². The molecule has 2 fully saturated rings. The van der Waals surface area contributed by atoms with Crippen molar-refractivity contribution < 1.29 is 0 Å². The molecule has 104 valence electrons. The van der Waals surface area contributed by atoms with Gasteiger partial charge in [-0.3, -0.25) is 0 Å². The lowest BCUT2D eigenvalue weighted by Crippen LogP contribution is -2.42. The second-order valence-corrected chi connectivity index (χ2v) is 6.59. The van der Waals surface area contributed by atoms with Gasteiger partial charge in [-0.05, 0) is 31.6 Å². The molecule has 0 N–H and O–H groups in total. The van der Waals surface area contributed by atoms with Crippen LogP contribution in [0.5, 0.6) is 0 Å². The largest absolute Gasteiger partial charge is 0.344 e. The average molecular weight is 285 g/mol. The Kier molecular flexibility index (Phi) is 3.19. The quantitative estimate of drug-likeness (QED) is 0.836. The van der Waals surface area contributed by atoms with E-state index in [1.165, 1.54) is 32.1 Å². The van der Waals surface area contributed by atoms with Gasteiger partial charge in [-0.2, -0.15) is 9.36 Å². The molecular weight excluding hydrogens is 266 g/mol. The molecule has 2 unspecified atom stereocenters. The molecule has 2 atom stereocenters. The van der Waals surface area contributed by atoms with E-state index in [0.717, 1.165) is 35.0 Å². The molecule has 1 aliphatic heterocycles.